The maximum absolute atomic E-state index is 12.9. The quantitative estimate of drug-likeness (QED) is 0.439. The topological polar surface area (TPSA) is 88.5 Å². The van der Waals surface area contributed by atoms with Crippen LogP contribution < -0.4 is 10.1 Å². The number of nitrogens with one attached hydrogen (secondary N) is 1. The van der Waals surface area contributed by atoms with E-state index in [-0.39, 0.29) is 18.4 Å². The molecule has 3 aromatic carbocycles. The standard InChI is InChI=1S/C25H22N2O2.CH2O2/c28-25(27-19-8-5-9-19)22-15-13-17-6-1-3-10-21(17)24(22)29-16-20-14-12-18-7-2-4-11-23(18)26-20;2-1-3/h1-4,6-7,10-15,19H,5,8-9,16H2,(H,27,28);1H,(H,2,3). The van der Waals surface area contributed by atoms with E-state index in [4.69, 9.17) is 19.6 Å². The number of hydrogen-bond donors (Lipinski definition) is 2. The summed E-state index contributed by atoms with van der Waals surface area (Å²) in [6.07, 6.45) is 3.28. The second-order valence-electron chi connectivity index (χ2n) is 7.65. The van der Waals surface area contributed by atoms with E-state index in [1.54, 1.807) is 0 Å². The summed E-state index contributed by atoms with van der Waals surface area (Å²) in [6.45, 7) is 0.0581. The maximum atomic E-state index is 12.9. The molecule has 4 aromatic rings. The van der Waals surface area contributed by atoms with Gasteiger partial charge in [0, 0.05) is 16.8 Å². The monoisotopic (exact) mass is 428 g/mol. The molecule has 32 heavy (non-hydrogen) atoms. The van der Waals surface area contributed by atoms with Crippen molar-refractivity contribution in [1.29, 1.82) is 0 Å². The van der Waals surface area contributed by atoms with E-state index in [9.17, 15) is 4.79 Å². The predicted molar refractivity (Wildman–Crippen MR) is 124 cm³/mol. The minimum absolute atomic E-state index is 0.0677. The van der Waals surface area contributed by atoms with Crippen molar-refractivity contribution in [2.75, 3.05) is 0 Å². The Morgan fingerprint density at radius 1 is 1.00 bits per heavy atom. The van der Waals surface area contributed by atoms with Crippen LogP contribution in [0.4, 0.5) is 0 Å². The van der Waals surface area contributed by atoms with Crippen LogP contribution in [0.5, 0.6) is 5.75 Å². The largest absolute Gasteiger partial charge is 0.486 e. The zero-order chi connectivity index (χ0) is 22.3. The summed E-state index contributed by atoms with van der Waals surface area (Å²) in [7, 11) is 0. The van der Waals surface area contributed by atoms with Crippen LogP contribution in [-0.2, 0) is 11.4 Å². The average Bonchev–Trinajstić information content (AvgIpc) is 2.80. The summed E-state index contributed by atoms with van der Waals surface area (Å²) in [6, 6.07) is 24.2. The molecule has 0 bridgehead atoms. The van der Waals surface area contributed by atoms with Gasteiger partial charge in [-0.15, -0.1) is 0 Å². The van der Waals surface area contributed by atoms with Gasteiger partial charge in [-0.25, -0.2) is 4.98 Å². The van der Waals surface area contributed by atoms with E-state index in [1.165, 1.54) is 6.42 Å². The third-order valence-electron chi connectivity index (χ3n) is 5.59. The molecule has 1 fully saturated rings. The fourth-order valence-electron chi connectivity index (χ4n) is 3.73. The molecule has 0 unspecified atom stereocenters. The highest BCUT2D eigenvalue weighted by atomic mass is 16.5. The van der Waals surface area contributed by atoms with Crippen LogP contribution in [0.3, 0.4) is 0 Å². The van der Waals surface area contributed by atoms with Gasteiger partial charge >= 0.3 is 0 Å². The number of rotatable bonds is 5. The maximum Gasteiger partial charge on any atom is 0.290 e. The van der Waals surface area contributed by atoms with Gasteiger partial charge in [0.25, 0.3) is 12.4 Å². The molecule has 6 nitrogen and oxygen atoms in total. The van der Waals surface area contributed by atoms with E-state index in [2.05, 4.69) is 5.32 Å². The number of aromatic nitrogens is 1. The van der Waals surface area contributed by atoms with Crippen molar-refractivity contribution < 1.29 is 19.4 Å². The third-order valence-corrected chi connectivity index (χ3v) is 5.59. The molecule has 1 heterocycles. The Hall–Kier alpha value is -3.93. The number of pyridine rings is 1. The Balaban J connectivity index is 0.000000775. The smallest absolute Gasteiger partial charge is 0.290 e. The Labute approximate surface area is 185 Å². The highest BCUT2D eigenvalue weighted by molar-refractivity contribution is 6.04. The second-order valence-corrected chi connectivity index (χ2v) is 7.65. The Morgan fingerprint density at radius 2 is 1.69 bits per heavy atom. The fraction of sp³-hybridized carbons (Fsp3) is 0.192. The average molecular weight is 428 g/mol. The minimum atomic E-state index is -0.250. The summed E-state index contributed by atoms with van der Waals surface area (Å²) in [5, 5.41) is 13.1. The van der Waals surface area contributed by atoms with Crippen LogP contribution in [0.15, 0.2) is 72.8 Å². The summed E-state index contributed by atoms with van der Waals surface area (Å²) >= 11 is 0. The normalized spacial score (nSPS) is 13.0. The zero-order valence-electron chi connectivity index (χ0n) is 17.5. The van der Waals surface area contributed by atoms with E-state index in [0.29, 0.717) is 17.9 Å². The van der Waals surface area contributed by atoms with Crippen LogP contribution in [0.1, 0.15) is 35.3 Å². The van der Waals surface area contributed by atoms with Gasteiger partial charge in [0.05, 0.1) is 16.8 Å². The molecule has 1 aliphatic rings. The number of carbonyl (C=O) groups excluding carboxylic acids is 1. The van der Waals surface area contributed by atoms with Crippen LogP contribution >= 0.6 is 0 Å². The number of para-hydroxylation sites is 1. The van der Waals surface area contributed by atoms with Gasteiger partial charge in [-0.3, -0.25) is 9.59 Å². The van der Waals surface area contributed by atoms with Gasteiger partial charge in [0.1, 0.15) is 12.4 Å². The summed E-state index contributed by atoms with van der Waals surface area (Å²) < 4.78 is 6.22. The number of fused-ring (bicyclic) bond motifs is 2. The number of ether oxygens (including phenoxy) is 1. The lowest BCUT2D eigenvalue weighted by Crippen LogP contribution is -2.39. The van der Waals surface area contributed by atoms with E-state index >= 15 is 0 Å². The summed E-state index contributed by atoms with van der Waals surface area (Å²) in [4.78, 5) is 25.9. The van der Waals surface area contributed by atoms with Gasteiger partial charge < -0.3 is 15.2 Å². The molecule has 0 radical (unpaired) electrons. The van der Waals surface area contributed by atoms with Crippen molar-refractivity contribution in [2.45, 2.75) is 31.9 Å². The highest BCUT2D eigenvalue weighted by Gasteiger charge is 2.23. The fourth-order valence-corrected chi connectivity index (χ4v) is 3.73. The van der Waals surface area contributed by atoms with Gasteiger partial charge in [-0.1, -0.05) is 54.6 Å². The molecule has 162 valence electrons. The number of nitrogens with zero attached hydrogens (tertiary/aromatic N) is 1. The van der Waals surface area contributed by atoms with Crippen molar-refractivity contribution in [2.24, 2.45) is 0 Å². The summed E-state index contributed by atoms with van der Waals surface area (Å²) in [5.74, 6) is 0.553. The van der Waals surface area contributed by atoms with E-state index in [0.717, 1.165) is 40.2 Å². The highest BCUT2D eigenvalue weighted by Crippen LogP contribution is 2.31. The van der Waals surface area contributed by atoms with E-state index in [1.807, 2.05) is 72.8 Å². The first-order valence-electron chi connectivity index (χ1n) is 10.6. The first-order chi connectivity index (χ1) is 15.7. The van der Waals surface area contributed by atoms with Crippen molar-refractivity contribution >= 4 is 34.1 Å². The van der Waals surface area contributed by atoms with Crippen molar-refractivity contribution in [3.05, 3.63) is 84.1 Å². The van der Waals surface area contributed by atoms with Crippen molar-refractivity contribution in [3.63, 3.8) is 0 Å². The number of benzene rings is 3. The van der Waals surface area contributed by atoms with Gasteiger partial charge in [-0.05, 0) is 42.8 Å². The molecule has 1 aliphatic carbocycles. The number of amides is 1. The SMILES string of the molecule is O=C(NC1CCC1)c1ccc2ccccc2c1OCc1ccc2ccccc2n1.O=CO. The van der Waals surface area contributed by atoms with Crippen LogP contribution in [-0.4, -0.2) is 28.5 Å². The molecular formula is C26H24N2O4. The van der Waals surface area contributed by atoms with Gasteiger partial charge in [0.2, 0.25) is 0 Å². The molecule has 6 heteroatoms. The molecule has 5 rings (SSSR count). The molecule has 2 N–H and O–H groups in total. The lowest BCUT2D eigenvalue weighted by Gasteiger charge is -2.27. The molecule has 0 spiro atoms. The molecule has 0 atom stereocenters. The Morgan fingerprint density at radius 3 is 2.44 bits per heavy atom. The molecule has 1 aromatic heterocycles. The zero-order valence-corrected chi connectivity index (χ0v) is 17.5. The molecule has 1 amide bonds. The molecular weight excluding hydrogens is 404 g/mol. The lowest BCUT2D eigenvalue weighted by molar-refractivity contribution is -0.122. The molecule has 0 saturated heterocycles. The van der Waals surface area contributed by atoms with Crippen molar-refractivity contribution in [3.8, 4) is 5.75 Å². The summed E-state index contributed by atoms with van der Waals surface area (Å²) in [5.41, 5.74) is 2.35. The van der Waals surface area contributed by atoms with Gasteiger partial charge in [0.15, 0.2) is 0 Å². The number of carbonyl (C=O) groups is 2. The first-order valence-corrected chi connectivity index (χ1v) is 10.6. The van der Waals surface area contributed by atoms with Crippen LogP contribution in [0.2, 0.25) is 0 Å². The molecule has 0 aliphatic heterocycles. The predicted octanol–water partition coefficient (Wildman–Crippen LogP) is 4.95. The molecule has 1 saturated carbocycles. The van der Waals surface area contributed by atoms with Crippen LogP contribution in [0.25, 0.3) is 21.7 Å². The van der Waals surface area contributed by atoms with E-state index < -0.39 is 0 Å². The lowest BCUT2D eigenvalue weighted by atomic mass is 9.92. The number of hydrogen-bond acceptors (Lipinski definition) is 4. The van der Waals surface area contributed by atoms with Crippen LogP contribution in [0, 0.1) is 0 Å². The Bertz CT molecular complexity index is 1250. The minimum Gasteiger partial charge on any atom is -0.486 e. The first kappa shape index (κ1) is 21.3. The third kappa shape index (κ3) is 4.70. The van der Waals surface area contributed by atoms with Gasteiger partial charge in [-0.2, -0.15) is 0 Å². The van der Waals surface area contributed by atoms with Crippen molar-refractivity contribution in [1.82, 2.24) is 10.3 Å². The second kappa shape index (κ2) is 9.92. The Kier molecular flexibility index (Phi) is 6.60. The number of carboxylic acid groups (broad SMARTS) is 1.